The zero-order chi connectivity index (χ0) is 14.4. The normalized spacial score (nSPS) is 10.3. The largest absolute Gasteiger partial charge is 0.444 e. The fourth-order valence-corrected chi connectivity index (χ4v) is 1.88. The molecule has 0 fully saturated rings. The molecule has 1 heterocycles. The monoisotopic (exact) mass is 332 g/mol. The fraction of sp³-hybridized carbons (Fsp3) is 0.500. The Morgan fingerprint density at radius 2 is 2.11 bits per heavy atom. The molecule has 7 heteroatoms. The summed E-state index contributed by atoms with van der Waals surface area (Å²) in [6.45, 7) is 2.43. The molecule has 1 N–H and O–H groups in total. The molecule has 1 aromatic heterocycles. The molecule has 0 bridgehead atoms. The third-order valence-corrected chi connectivity index (χ3v) is 3.03. The molecule has 106 valence electrons. The van der Waals surface area contributed by atoms with Crippen LogP contribution >= 0.6 is 15.9 Å². The molecule has 0 unspecified atom stereocenters. The summed E-state index contributed by atoms with van der Waals surface area (Å²) in [5.74, 6) is -0.399. The van der Waals surface area contributed by atoms with Crippen LogP contribution in [0.15, 0.2) is 21.2 Å². The summed E-state index contributed by atoms with van der Waals surface area (Å²) in [5.41, 5.74) is 0. The molecule has 6 nitrogen and oxygen atoms in total. The average molecular weight is 333 g/mol. The van der Waals surface area contributed by atoms with E-state index in [1.807, 2.05) is 6.92 Å². The lowest BCUT2D eigenvalue weighted by Crippen LogP contribution is -2.42. The predicted molar refractivity (Wildman–Crippen MR) is 72.7 cm³/mol. The van der Waals surface area contributed by atoms with Gasteiger partial charge >= 0.3 is 0 Å². The molecule has 0 saturated heterocycles. The number of hydrogen-bond acceptors (Lipinski definition) is 4. The van der Waals surface area contributed by atoms with Gasteiger partial charge in [-0.2, -0.15) is 0 Å². The number of aliphatic hydroxyl groups is 1. The van der Waals surface area contributed by atoms with E-state index < -0.39 is 0 Å². The van der Waals surface area contributed by atoms with E-state index in [0.717, 1.165) is 0 Å². The standard InChI is InChI=1S/C12H17BrN2O4/c1-3-15(6-7-16)11(17)8-14(2)12(18)9-4-5-10(13)19-9/h4-5,16H,3,6-8H2,1-2H3. The summed E-state index contributed by atoms with van der Waals surface area (Å²) >= 11 is 3.12. The molecular weight excluding hydrogens is 316 g/mol. The minimum Gasteiger partial charge on any atom is -0.444 e. The van der Waals surface area contributed by atoms with Crippen LogP contribution in [0.25, 0.3) is 0 Å². The van der Waals surface area contributed by atoms with E-state index in [1.165, 1.54) is 16.8 Å². The third-order valence-electron chi connectivity index (χ3n) is 2.61. The van der Waals surface area contributed by atoms with Gasteiger partial charge < -0.3 is 19.3 Å². The molecule has 0 spiro atoms. The zero-order valence-corrected chi connectivity index (χ0v) is 12.5. The second kappa shape index (κ2) is 7.30. The van der Waals surface area contributed by atoms with Gasteiger partial charge in [0.1, 0.15) is 0 Å². The van der Waals surface area contributed by atoms with Crippen LogP contribution in [-0.2, 0) is 4.79 Å². The molecular formula is C12H17BrN2O4. The van der Waals surface area contributed by atoms with E-state index in [9.17, 15) is 9.59 Å². The average Bonchev–Trinajstić information content (AvgIpc) is 2.81. The fourth-order valence-electron chi connectivity index (χ4n) is 1.57. The molecule has 2 amide bonds. The van der Waals surface area contributed by atoms with Crippen molar-refractivity contribution in [3.8, 4) is 0 Å². The topological polar surface area (TPSA) is 74.0 Å². The van der Waals surface area contributed by atoms with Crippen molar-refractivity contribution in [2.24, 2.45) is 0 Å². The lowest BCUT2D eigenvalue weighted by Gasteiger charge is -2.23. The molecule has 0 aliphatic heterocycles. The van der Waals surface area contributed by atoms with Crippen molar-refractivity contribution in [3.63, 3.8) is 0 Å². The first-order valence-electron chi connectivity index (χ1n) is 5.89. The predicted octanol–water partition coefficient (Wildman–Crippen LogP) is 0.955. The van der Waals surface area contributed by atoms with E-state index in [4.69, 9.17) is 9.52 Å². The first-order chi connectivity index (χ1) is 8.99. The molecule has 0 aliphatic carbocycles. The smallest absolute Gasteiger partial charge is 0.289 e. The van der Waals surface area contributed by atoms with Gasteiger partial charge in [-0.25, -0.2) is 0 Å². The second-order valence-electron chi connectivity index (χ2n) is 3.96. The number of furan rings is 1. The maximum absolute atomic E-state index is 12.0. The minimum absolute atomic E-state index is 0.0506. The SMILES string of the molecule is CCN(CCO)C(=O)CN(C)C(=O)c1ccc(Br)o1. The van der Waals surface area contributed by atoms with E-state index in [0.29, 0.717) is 11.2 Å². The van der Waals surface area contributed by atoms with Gasteiger partial charge in [0.2, 0.25) is 5.91 Å². The molecule has 0 atom stereocenters. The highest BCUT2D eigenvalue weighted by Gasteiger charge is 2.20. The Labute approximate surface area is 120 Å². The number of carbonyl (C=O) groups excluding carboxylic acids is 2. The van der Waals surface area contributed by atoms with Gasteiger partial charge in [-0.05, 0) is 35.0 Å². The van der Waals surface area contributed by atoms with E-state index in [1.54, 1.807) is 12.1 Å². The van der Waals surface area contributed by atoms with Crippen LogP contribution < -0.4 is 0 Å². The summed E-state index contributed by atoms with van der Waals surface area (Å²) in [7, 11) is 1.53. The number of likely N-dealkylation sites (N-methyl/N-ethyl adjacent to an activating group) is 2. The zero-order valence-electron chi connectivity index (χ0n) is 10.9. The quantitative estimate of drug-likeness (QED) is 0.841. The van der Waals surface area contributed by atoms with Crippen molar-refractivity contribution < 1.29 is 19.1 Å². The van der Waals surface area contributed by atoms with Gasteiger partial charge in [-0.1, -0.05) is 0 Å². The number of carbonyl (C=O) groups is 2. The summed E-state index contributed by atoms with van der Waals surface area (Å²) in [5, 5.41) is 8.85. The van der Waals surface area contributed by atoms with Crippen LogP contribution in [0.4, 0.5) is 0 Å². The molecule has 0 aliphatic rings. The molecule has 0 saturated carbocycles. The Balaban J connectivity index is 2.61. The van der Waals surface area contributed by atoms with Crippen LogP contribution in [0.2, 0.25) is 0 Å². The Morgan fingerprint density at radius 3 is 2.58 bits per heavy atom. The molecule has 1 aromatic rings. The Hall–Kier alpha value is -1.34. The van der Waals surface area contributed by atoms with Crippen molar-refractivity contribution in [1.29, 1.82) is 0 Å². The highest BCUT2D eigenvalue weighted by Crippen LogP contribution is 2.15. The Bertz CT molecular complexity index is 447. The van der Waals surface area contributed by atoms with Crippen molar-refractivity contribution in [2.75, 3.05) is 33.3 Å². The highest BCUT2D eigenvalue weighted by atomic mass is 79.9. The number of hydrogen-bond donors (Lipinski definition) is 1. The van der Waals surface area contributed by atoms with Crippen LogP contribution in [0.5, 0.6) is 0 Å². The number of amides is 2. The van der Waals surface area contributed by atoms with Crippen LogP contribution in [0.1, 0.15) is 17.5 Å². The van der Waals surface area contributed by atoms with Crippen LogP contribution in [-0.4, -0.2) is 60.0 Å². The minimum atomic E-state index is -0.362. The summed E-state index contributed by atoms with van der Waals surface area (Å²) in [6.07, 6.45) is 0. The maximum Gasteiger partial charge on any atom is 0.289 e. The number of aliphatic hydroxyl groups excluding tert-OH is 1. The first kappa shape index (κ1) is 15.7. The maximum atomic E-state index is 12.0. The second-order valence-corrected chi connectivity index (χ2v) is 4.74. The summed E-state index contributed by atoms with van der Waals surface area (Å²) in [4.78, 5) is 26.6. The third kappa shape index (κ3) is 4.36. The summed E-state index contributed by atoms with van der Waals surface area (Å²) < 4.78 is 5.61. The first-order valence-corrected chi connectivity index (χ1v) is 6.68. The molecule has 1 rings (SSSR count). The Kier molecular flexibility index (Phi) is 6.04. The van der Waals surface area contributed by atoms with Crippen molar-refractivity contribution in [1.82, 2.24) is 9.80 Å². The van der Waals surface area contributed by atoms with Gasteiger partial charge in [0.05, 0.1) is 13.2 Å². The molecule has 0 aromatic carbocycles. The lowest BCUT2D eigenvalue weighted by atomic mass is 10.3. The van der Waals surface area contributed by atoms with Gasteiger partial charge in [0.15, 0.2) is 10.4 Å². The van der Waals surface area contributed by atoms with Crippen molar-refractivity contribution in [3.05, 3.63) is 22.6 Å². The van der Waals surface area contributed by atoms with E-state index in [-0.39, 0.29) is 37.3 Å². The van der Waals surface area contributed by atoms with Gasteiger partial charge in [0, 0.05) is 20.1 Å². The number of nitrogens with zero attached hydrogens (tertiary/aromatic N) is 2. The van der Waals surface area contributed by atoms with Crippen LogP contribution in [0, 0.1) is 0 Å². The lowest BCUT2D eigenvalue weighted by molar-refractivity contribution is -0.132. The van der Waals surface area contributed by atoms with Gasteiger partial charge in [0.25, 0.3) is 5.91 Å². The highest BCUT2D eigenvalue weighted by molar-refractivity contribution is 9.10. The van der Waals surface area contributed by atoms with Crippen LogP contribution in [0.3, 0.4) is 0 Å². The molecule has 19 heavy (non-hydrogen) atoms. The van der Waals surface area contributed by atoms with Gasteiger partial charge in [-0.3, -0.25) is 9.59 Å². The van der Waals surface area contributed by atoms with E-state index >= 15 is 0 Å². The van der Waals surface area contributed by atoms with Crippen molar-refractivity contribution >= 4 is 27.7 Å². The Morgan fingerprint density at radius 1 is 1.42 bits per heavy atom. The van der Waals surface area contributed by atoms with Gasteiger partial charge in [-0.15, -0.1) is 0 Å². The number of rotatable bonds is 6. The van der Waals surface area contributed by atoms with Crippen molar-refractivity contribution in [2.45, 2.75) is 6.92 Å². The number of halogens is 1. The summed E-state index contributed by atoms with van der Waals surface area (Å²) in [6, 6.07) is 3.16. The molecule has 0 radical (unpaired) electrons. The van der Waals surface area contributed by atoms with E-state index in [2.05, 4.69) is 15.9 Å².